The lowest BCUT2D eigenvalue weighted by Gasteiger charge is -2.18. The van der Waals surface area contributed by atoms with E-state index in [1.807, 2.05) is 0 Å². The molecule has 1 amide bonds. The molecule has 0 saturated carbocycles. The number of aromatic nitrogens is 1. The molecule has 0 unspecified atom stereocenters. The third-order valence-corrected chi connectivity index (χ3v) is 1.94. The second-order valence-corrected chi connectivity index (χ2v) is 3.36. The summed E-state index contributed by atoms with van der Waals surface area (Å²) in [5.74, 6) is 5.05. The van der Waals surface area contributed by atoms with Gasteiger partial charge >= 0.3 is 0 Å². The highest BCUT2D eigenvalue weighted by molar-refractivity contribution is 5.95. The van der Waals surface area contributed by atoms with Crippen LogP contribution in [-0.2, 0) is 4.79 Å². The standard InChI is InChI=1S/C11H13N3O2/c1-8(7-9(2)15)14(12)11(16)10-3-5-13-6-4-10/h3-6H,1,7,12H2,2H3. The molecule has 0 saturated heterocycles. The Kier molecular flexibility index (Phi) is 3.90. The average Bonchev–Trinajstić information content (AvgIpc) is 2.27. The number of nitrogens with two attached hydrogens (primary N) is 1. The fourth-order valence-corrected chi connectivity index (χ4v) is 1.15. The molecule has 5 nitrogen and oxygen atoms in total. The topological polar surface area (TPSA) is 76.3 Å². The molecule has 0 spiro atoms. The first-order chi connectivity index (χ1) is 7.52. The summed E-state index contributed by atoms with van der Waals surface area (Å²) in [5, 5.41) is 0.886. The number of carbonyl (C=O) groups is 2. The maximum Gasteiger partial charge on any atom is 0.272 e. The van der Waals surface area contributed by atoms with Crippen molar-refractivity contribution in [1.82, 2.24) is 9.99 Å². The van der Waals surface area contributed by atoms with Gasteiger partial charge in [-0.15, -0.1) is 0 Å². The van der Waals surface area contributed by atoms with Crippen LogP contribution in [0.2, 0.25) is 0 Å². The second kappa shape index (κ2) is 5.18. The minimum atomic E-state index is -0.409. The van der Waals surface area contributed by atoms with E-state index in [1.165, 1.54) is 19.3 Å². The van der Waals surface area contributed by atoms with E-state index >= 15 is 0 Å². The molecule has 2 N–H and O–H groups in total. The van der Waals surface area contributed by atoms with Crippen LogP contribution in [0.5, 0.6) is 0 Å². The summed E-state index contributed by atoms with van der Waals surface area (Å²) in [6, 6.07) is 3.09. The molecule has 1 aromatic heterocycles. The SMILES string of the molecule is C=C(CC(C)=O)N(N)C(=O)c1ccncc1. The van der Waals surface area contributed by atoms with Crippen molar-refractivity contribution in [2.24, 2.45) is 5.84 Å². The molecular weight excluding hydrogens is 206 g/mol. The second-order valence-electron chi connectivity index (χ2n) is 3.36. The summed E-state index contributed by atoms with van der Waals surface area (Å²) in [6.07, 6.45) is 3.05. The molecule has 5 heteroatoms. The smallest absolute Gasteiger partial charge is 0.272 e. The van der Waals surface area contributed by atoms with E-state index in [0.717, 1.165) is 5.01 Å². The maximum atomic E-state index is 11.8. The van der Waals surface area contributed by atoms with E-state index in [4.69, 9.17) is 5.84 Å². The predicted molar refractivity (Wildman–Crippen MR) is 59.0 cm³/mol. The van der Waals surface area contributed by atoms with Gasteiger partial charge in [0, 0.05) is 30.1 Å². The van der Waals surface area contributed by atoms with Crippen molar-refractivity contribution in [3.8, 4) is 0 Å². The van der Waals surface area contributed by atoms with E-state index in [1.54, 1.807) is 12.1 Å². The molecule has 1 aromatic rings. The first-order valence-corrected chi connectivity index (χ1v) is 4.68. The fourth-order valence-electron chi connectivity index (χ4n) is 1.15. The number of pyridine rings is 1. The Hall–Kier alpha value is -2.01. The van der Waals surface area contributed by atoms with Crippen LogP contribution in [0.15, 0.2) is 36.8 Å². The van der Waals surface area contributed by atoms with Crippen LogP contribution in [0.25, 0.3) is 0 Å². The van der Waals surface area contributed by atoms with Crippen molar-refractivity contribution in [2.45, 2.75) is 13.3 Å². The largest absolute Gasteiger partial charge is 0.300 e. The monoisotopic (exact) mass is 219 g/mol. The van der Waals surface area contributed by atoms with Crippen LogP contribution in [0.3, 0.4) is 0 Å². The van der Waals surface area contributed by atoms with Crippen LogP contribution in [-0.4, -0.2) is 21.7 Å². The minimum Gasteiger partial charge on any atom is -0.300 e. The highest BCUT2D eigenvalue weighted by atomic mass is 16.2. The van der Waals surface area contributed by atoms with E-state index in [-0.39, 0.29) is 17.9 Å². The zero-order valence-electron chi connectivity index (χ0n) is 9.01. The molecule has 0 bridgehead atoms. The Balaban J connectivity index is 2.75. The number of hydrogen-bond acceptors (Lipinski definition) is 4. The van der Waals surface area contributed by atoms with E-state index in [2.05, 4.69) is 11.6 Å². The van der Waals surface area contributed by atoms with Crippen molar-refractivity contribution in [2.75, 3.05) is 0 Å². The zero-order valence-corrected chi connectivity index (χ0v) is 9.01. The van der Waals surface area contributed by atoms with Crippen LogP contribution < -0.4 is 5.84 Å². The van der Waals surface area contributed by atoms with Gasteiger partial charge < -0.3 is 0 Å². The van der Waals surface area contributed by atoms with Gasteiger partial charge in [-0.1, -0.05) is 6.58 Å². The number of amides is 1. The van der Waals surface area contributed by atoms with Gasteiger partial charge in [-0.05, 0) is 19.1 Å². The number of carbonyl (C=O) groups excluding carboxylic acids is 2. The Morgan fingerprint density at radius 1 is 1.44 bits per heavy atom. The number of rotatable bonds is 4. The summed E-state index contributed by atoms with van der Waals surface area (Å²) in [4.78, 5) is 26.4. The molecule has 0 aliphatic carbocycles. The minimum absolute atomic E-state index is 0.0628. The summed E-state index contributed by atoms with van der Waals surface area (Å²) in [7, 11) is 0. The molecule has 1 heterocycles. The maximum absolute atomic E-state index is 11.8. The van der Waals surface area contributed by atoms with Gasteiger partial charge in [0.1, 0.15) is 5.78 Å². The quantitative estimate of drug-likeness (QED) is 0.463. The molecule has 0 fully saturated rings. The summed E-state index contributed by atoms with van der Waals surface area (Å²) >= 11 is 0. The predicted octanol–water partition coefficient (Wildman–Crippen LogP) is 0.890. The average molecular weight is 219 g/mol. The Bertz CT molecular complexity index is 414. The number of ketones is 1. The Morgan fingerprint density at radius 3 is 2.50 bits per heavy atom. The number of allylic oxidation sites excluding steroid dienone is 1. The summed E-state index contributed by atoms with van der Waals surface area (Å²) < 4.78 is 0. The van der Waals surface area contributed by atoms with E-state index in [9.17, 15) is 9.59 Å². The lowest BCUT2D eigenvalue weighted by Crippen LogP contribution is -2.36. The van der Waals surface area contributed by atoms with Crippen LogP contribution in [0.4, 0.5) is 0 Å². The van der Waals surface area contributed by atoms with E-state index < -0.39 is 5.91 Å². The van der Waals surface area contributed by atoms with Crippen molar-refractivity contribution < 1.29 is 9.59 Å². The highest BCUT2D eigenvalue weighted by Crippen LogP contribution is 2.08. The molecule has 0 aliphatic rings. The number of Topliss-reactive ketones (excluding diaryl/α,β-unsaturated/α-hetero) is 1. The van der Waals surface area contributed by atoms with Gasteiger partial charge in [0.2, 0.25) is 0 Å². The van der Waals surface area contributed by atoms with Gasteiger partial charge in [0.05, 0.1) is 0 Å². The highest BCUT2D eigenvalue weighted by Gasteiger charge is 2.15. The first kappa shape index (κ1) is 12.1. The molecule has 1 rings (SSSR count). The zero-order chi connectivity index (χ0) is 12.1. The van der Waals surface area contributed by atoms with Gasteiger partial charge in [-0.25, -0.2) is 10.9 Å². The van der Waals surface area contributed by atoms with Crippen LogP contribution >= 0.6 is 0 Å². The van der Waals surface area contributed by atoms with Gasteiger partial charge in [-0.3, -0.25) is 14.6 Å². The molecule has 0 aliphatic heterocycles. The van der Waals surface area contributed by atoms with Crippen molar-refractivity contribution >= 4 is 11.7 Å². The lowest BCUT2D eigenvalue weighted by atomic mass is 10.2. The van der Waals surface area contributed by atoms with Crippen molar-refractivity contribution in [3.05, 3.63) is 42.4 Å². The molecular formula is C11H13N3O2. The number of hydrogen-bond donors (Lipinski definition) is 1. The molecule has 16 heavy (non-hydrogen) atoms. The Labute approximate surface area is 93.5 Å². The Morgan fingerprint density at radius 2 is 2.00 bits per heavy atom. The van der Waals surface area contributed by atoms with Crippen LogP contribution in [0.1, 0.15) is 23.7 Å². The van der Waals surface area contributed by atoms with Gasteiger partial charge in [0.15, 0.2) is 0 Å². The lowest BCUT2D eigenvalue weighted by molar-refractivity contribution is -0.116. The van der Waals surface area contributed by atoms with Gasteiger partial charge in [0.25, 0.3) is 5.91 Å². The fraction of sp³-hybridized carbons (Fsp3) is 0.182. The van der Waals surface area contributed by atoms with Crippen molar-refractivity contribution in [1.29, 1.82) is 0 Å². The number of hydrazine groups is 1. The molecule has 0 atom stereocenters. The third-order valence-electron chi connectivity index (χ3n) is 1.94. The summed E-state index contributed by atoms with van der Waals surface area (Å²) in [6.45, 7) is 5.00. The van der Waals surface area contributed by atoms with E-state index in [0.29, 0.717) is 5.56 Å². The van der Waals surface area contributed by atoms with Crippen LogP contribution in [0, 0.1) is 0 Å². The molecule has 0 aromatic carbocycles. The van der Waals surface area contributed by atoms with Gasteiger partial charge in [-0.2, -0.15) is 0 Å². The molecule has 0 radical (unpaired) electrons. The molecule has 84 valence electrons. The van der Waals surface area contributed by atoms with Crippen molar-refractivity contribution in [3.63, 3.8) is 0 Å². The number of nitrogens with zero attached hydrogens (tertiary/aromatic N) is 2. The summed E-state index contributed by atoms with van der Waals surface area (Å²) in [5.41, 5.74) is 0.677. The third kappa shape index (κ3) is 2.99. The normalized spacial score (nSPS) is 9.62. The first-order valence-electron chi connectivity index (χ1n) is 4.68.